The molecule has 0 radical (unpaired) electrons. The molecule has 0 aliphatic carbocycles. The average molecular weight is 546 g/mol. The smallest absolute Gasteiger partial charge is 0.259 e. The highest BCUT2D eigenvalue weighted by atomic mass is 127. The van der Waals surface area contributed by atoms with Crippen LogP contribution in [0, 0.1) is 0 Å². The van der Waals surface area contributed by atoms with Gasteiger partial charge in [-0.05, 0) is 50.4 Å². The first-order valence-electron chi connectivity index (χ1n) is 11.2. The van der Waals surface area contributed by atoms with Crippen molar-refractivity contribution < 1.29 is 9.53 Å². The number of hydrogen-bond acceptors (Lipinski definition) is 4. The van der Waals surface area contributed by atoms with Crippen LogP contribution in [-0.4, -0.2) is 74.6 Å². The van der Waals surface area contributed by atoms with Crippen LogP contribution in [0.4, 0.5) is 0 Å². The summed E-state index contributed by atoms with van der Waals surface area (Å²) in [6, 6.07) is 8.48. The molecule has 1 heterocycles. The zero-order chi connectivity index (χ0) is 21.8. The third-order valence-corrected chi connectivity index (χ3v) is 5.44. The molecule has 1 fully saturated rings. The first-order chi connectivity index (χ1) is 14.5. The van der Waals surface area contributed by atoms with Gasteiger partial charge >= 0.3 is 0 Å². The van der Waals surface area contributed by atoms with Crippen LogP contribution in [0.5, 0.6) is 5.75 Å². The van der Waals surface area contributed by atoms with Crippen LogP contribution in [0.2, 0.25) is 0 Å². The van der Waals surface area contributed by atoms with Crippen molar-refractivity contribution in [3.63, 3.8) is 0 Å². The molecule has 2 N–H and O–H groups in total. The SMILES string of the molecule is CCNC(=NCc1cccc(OCC(=O)N(C)C)c1)NCCN1CCCCC1CC.I. The number of benzene rings is 1. The highest BCUT2D eigenvalue weighted by Gasteiger charge is 2.19. The van der Waals surface area contributed by atoms with Crippen LogP contribution in [-0.2, 0) is 11.3 Å². The van der Waals surface area contributed by atoms with E-state index in [1.807, 2.05) is 24.3 Å². The number of amides is 1. The quantitative estimate of drug-likeness (QED) is 0.269. The van der Waals surface area contributed by atoms with Gasteiger partial charge < -0.3 is 20.3 Å². The Hall–Kier alpha value is -1.55. The average Bonchev–Trinajstić information content (AvgIpc) is 2.76. The fourth-order valence-corrected chi connectivity index (χ4v) is 3.65. The third-order valence-electron chi connectivity index (χ3n) is 5.44. The van der Waals surface area contributed by atoms with E-state index in [1.165, 1.54) is 37.1 Å². The number of likely N-dealkylation sites (tertiary alicyclic amines) is 1. The number of piperidine rings is 1. The largest absolute Gasteiger partial charge is 0.484 e. The normalized spacial score (nSPS) is 16.9. The molecule has 7 nitrogen and oxygen atoms in total. The first kappa shape index (κ1) is 27.5. The number of rotatable bonds is 10. The Kier molecular flexibility index (Phi) is 13.6. The first-order valence-corrected chi connectivity index (χ1v) is 11.2. The van der Waals surface area contributed by atoms with Crippen LogP contribution >= 0.6 is 24.0 Å². The molecule has 2 rings (SSSR count). The fraction of sp³-hybridized carbons (Fsp3) is 0.652. The minimum atomic E-state index is -0.0592. The molecule has 1 aliphatic rings. The number of nitrogens with one attached hydrogen (secondary N) is 2. The van der Waals surface area contributed by atoms with Gasteiger partial charge in [0.05, 0.1) is 6.54 Å². The molecular formula is C23H40IN5O2. The molecule has 1 amide bonds. The summed E-state index contributed by atoms with van der Waals surface area (Å²) < 4.78 is 5.60. The molecule has 0 saturated carbocycles. The van der Waals surface area contributed by atoms with Crippen molar-refractivity contribution in [3.05, 3.63) is 29.8 Å². The number of carbonyl (C=O) groups is 1. The Balaban J connectivity index is 0.00000480. The van der Waals surface area contributed by atoms with Crippen LogP contribution in [0.3, 0.4) is 0 Å². The van der Waals surface area contributed by atoms with Crippen molar-refractivity contribution in [2.24, 2.45) is 4.99 Å². The van der Waals surface area contributed by atoms with E-state index in [0.717, 1.165) is 37.2 Å². The van der Waals surface area contributed by atoms with Crippen molar-refractivity contribution in [1.82, 2.24) is 20.4 Å². The van der Waals surface area contributed by atoms with E-state index in [0.29, 0.717) is 12.3 Å². The topological polar surface area (TPSA) is 69.2 Å². The fourth-order valence-electron chi connectivity index (χ4n) is 3.65. The zero-order valence-corrected chi connectivity index (χ0v) is 21.9. The van der Waals surface area contributed by atoms with Gasteiger partial charge in [0, 0.05) is 39.8 Å². The molecule has 0 aromatic heterocycles. The highest BCUT2D eigenvalue weighted by molar-refractivity contribution is 14.0. The summed E-state index contributed by atoms with van der Waals surface area (Å²) in [6.45, 7) is 8.92. The third kappa shape index (κ3) is 10.1. The predicted octanol–water partition coefficient (Wildman–Crippen LogP) is 3.09. The van der Waals surface area contributed by atoms with E-state index in [4.69, 9.17) is 9.73 Å². The second kappa shape index (κ2) is 15.3. The van der Waals surface area contributed by atoms with Gasteiger partial charge in [0.15, 0.2) is 12.6 Å². The molecule has 31 heavy (non-hydrogen) atoms. The van der Waals surface area contributed by atoms with Crippen molar-refractivity contribution in [1.29, 1.82) is 0 Å². The van der Waals surface area contributed by atoms with Crippen molar-refractivity contribution >= 4 is 35.8 Å². The zero-order valence-electron chi connectivity index (χ0n) is 19.5. The van der Waals surface area contributed by atoms with E-state index in [9.17, 15) is 4.79 Å². The van der Waals surface area contributed by atoms with E-state index in [1.54, 1.807) is 14.1 Å². The molecule has 1 aromatic carbocycles. The molecule has 0 spiro atoms. The summed E-state index contributed by atoms with van der Waals surface area (Å²) in [4.78, 5) is 20.5. The van der Waals surface area contributed by atoms with Gasteiger partial charge in [-0.2, -0.15) is 0 Å². The number of ether oxygens (including phenoxy) is 1. The maximum absolute atomic E-state index is 11.7. The lowest BCUT2D eigenvalue weighted by Crippen LogP contribution is -2.45. The molecule has 8 heteroatoms. The Morgan fingerprint density at radius 3 is 2.77 bits per heavy atom. The molecule has 1 unspecified atom stereocenters. The van der Waals surface area contributed by atoms with Crippen molar-refractivity contribution in [2.45, 2.75) is 52.1 Å². The molecule has 1 aliphatic heterocycles. The minimum absolute atomic E-state index is 0. The van der Waals surface area contributed by atoms with Crippen molar-refractivity contribution in [2.75, 3.05) is 46.9 Å². The maximum Gasteiger partial charge on any atom is 0.259 e. The number of guanidine groups is 1. The summed E-state index contributed by atoms with van der Waals surface area (Å²) >= 11 is 0. The van der Waals surface area contributed by atoms with Gasteiger partial charge in [-0.3, -0.25) is 9.69 Å². The lowest BCUT2D eigenvalue weighted by atomic mass is 10.0. The van der Waals surface area contributed by atoms with Gasteiger partial charge in [-0.1, -0.05) is 25.5 Å². The molecule has 176 valence electrons. The monoisotopic (exact) mass is 545 g/mol. The predicted molar refractivity (Wildman–Crippen MR) is 138 cm³/mol. The highest BCUT2D eigenvalue weighted by Crippen LogP contribution is 2.18. The Morgan fingerprint density at radius 1 is 1.26 bits per heavy atom. The summed E-state index contributed by atoms with van der Waals surface area (Å²) in [6.07, 6.45) is 5.22. The molecule has 0 bridgehead atoms. The summed E-state index contributed by atoms with van der Waals surface area (Å²) in [5, 5.41) is 6.79. The number of aliphatic imine (C=N–C) groups is 1. The summed E-state index contributed by atoms with van der Waals surface area (Å²) in [5.74, 6) is 1.46. The molecular weight excluding hydrogens is 505 g/mol. The number of hydrogen-bond donors (Lipinski definition) is 2. The van der Waals surface area contributed by atoms with Gasteiger partial charge in [0.1, 0.15) is 5.75 Å². The Morgan fingerprint density at radius 2 is 2.06 bits per heavy atom. The van der Waals surface area contributed by atoms with Crippen LogP contribution in [0.25, 0.3) is 0 Å². The van der Waals surface area contributed by atoms with Gasteiger partial charge in [0.2, 0.25) is 0 Å². The van der Waals surface area contributed by atoms with Crippen molar-refractivity contribution in [3.8, 4) is 5.75 Å². The number of carbonyl (C=O) groups excluding carboxylic acids is 1. The number of halogens is 1. The second-order valence-electron chi connectivity index (χ2n) is 7.94. The van der Waals surface area contributed by atoms with E-state index < -0.39 is 0 Å². The summed E-state index contributed by atoms with van der Waals surface area (Å²) in [5.41, 5.74) is 1.05. The van der Waals surface area contributed by atoms with Gasteiger partial charge in [-0.15, -0.1) is 24.0 Å². The maximum atomic E-state index is 11.7. The second-order valence-corrected chi connectivity index (χ2v) is 7.94. The van der Waals surface area contributed by atoms with E-state index in [-0.39, 0.29) is 36.5 Å². The lowest BCUT2D eigenvalue weighted by Gasteiger charge is -2.35. The molecule has 1 aromatic rings. The van der Waals surface area contributed by atoms with Crippen LogP contribution in [0.1, 0.15) is 45.1 Å². The van der Waals surface area contributed by atoms with Crippen LogP contribution < -0.4 is 15.4 Å². The van der Waals surface area contributed by atoms with E-state index in [2.05, 4.69) is 29.4 Å². The number of likely N-dealkylation sites (N-methyl/N-ethyl adjacent to an activating group) is 1. The molecule has 1 saturated heterocycles. The Labute approximate surface area is 205 Å². The molecule has 1 atom stereocenters. The van der Waals surface area contributed by atoms with Crippen LogP contribution in [0.15, 0.2) is 29.3 Å². The van der Waals surface area contributed by atoms with Gasteiger partial charge in [0.25, 0.3) is 5.91 Å². The van der Waals surface area contributed by atoms with Gasteiger partial charge in [-0.25, -0.2) is 4.99 Å². The Bertz CT molecular complexity index is 684. The standard InChI is InChI=1S/C23H39N5O2.HI/c1-5-20-11-7-8-14-28(20)15-13-25-23(24-6-2)26-17-19-10-9-12-21(16-19)30-18-22(29)27(3)4;/h9-10,12,16,20H,5-8,11,13-15,17-18H2,1-4H3,(H2,24,25,26);1H. The van der Waals surface area contributed by atoms with E-state index >= 15 is 0 Å². The lowest BCUT2D eigenvalue weighted by molar-refractivity contribution is -0.130. The minimum Gasteiger partial charge on any atom is -0.484 e. The summed E-state index contributed by atoms with van der Waals surface area (Å²) in [7, 11) is 3.44. The number of nitrogens with zero attached hydrogens (tertiary/aromatic N) is 3.